The Labute approximate surface area is 168 Å². The quantitative estimate of drug-likeness (QED) is 0.682. The Bertz CT molecular complexity index is 1320. The second-order valence-corrected chi connectivity index (χ2v) is 10.1. The van der Waals surface area contributed by atoms with Crippen LogP contribution in [0, 0.1) is 30.6 Å². The minimum Gasteiger partial charge on any atom is -0.381 e. The SMILES string of the molecule is Cc1cn2c(-c3cc(S(=O)(=O)NC45CC(C#N)(C4)C5)ccc3C)cnc2c(N)n1. The van der Waals surface area contributed by atoms with E-state index in [4.69, 9.17) is 11.0 Å². The van der Waals surface area contributed by atoms with E-state index < -0.39 is 15.6 Å². The van der Waals surface area contributed by atoms with Crippen molar-refractivity contribution in [2.45, 2.75) is 43.5 Å². The molecule has 3 aliphatic rings. The van der Waals surface area contributed by atoms with Gasteiger partial charge in [0.2, 0.25) is 10.0 Å². The summed E-state index contributed by atoms with van der Waals surface area (Å²) in [4.78, 5) is 8.78. The number of imidazole rings is 1. The van der Waals surface area contributed by atoms with Crippen LogP contribution in [0.3, 0.4) is 0 Å². The minimum atomic E-state index is -3.70. The van der Waals surface area contributed by atoms with Crippen molar-refractivity contribution in [2.24, 2.45) is 5.41 Å². The zero-order valence-corrected chi connectivity index (χ0v) is 16.9. The standard InChI is InChI=1S/C20H20N6O2S/c1-12-3-4-14(29(27,28)25-20-8-19(9-20,10-20)11-21)5-15(12)16-6-23-18-17(22)24-13(2)7-26(16)18/h3-7,25H,8-10H2,1-2H3,(H2,22,24). The van der Waals surface area contributed by atoms with Crippen LogP contribution in [0.2, 0.25) is 0 Å². The van der Waals surface area contributed by atoms with Crippen molar-refractivity contribution in [3.63, 3.8) is 0 Å². The number of aromatic nitrogens is 3. The fraction of sp³-hybridized carbons (Fsp3) is 0.350. The van der Waals surface area contributed by atoms with Crippen molar-refractivity contribution >= 4 is 21.5 Å². The van der Waals surface area contributed by atoms with E-state index in [-0.39, 0.29) is 10.3 Å². The number of nitrogens with one attached hydrogen (secondary N) is 1. The van der Waals surface area contributed by atoms with Crippen LogP contribution in [0.5, 0.6) is 0 Å². The molecule has 148 valence electrons. The zero-order chi connectivity index (χ0) is 20.6. The molecule has 0 aliphatic heterocycles. The Morgan fingerprint density at radius 1 is 1.28 bits per heavy atom. The van der Waals surface area contributed by atoms with Crippen LogP contribution in [-0.4, -0.2) is 28.3 Å². The number of rotatable bonds is 4. The minimum absolute atomic E-state index is 0.197. The first-order valence-electron chi connectivity index (χ1n) is 9.32. The third-order valence-corrected chi connectivity index (χ3v) is 7.63. The molecule has 2 bridgehead atoms. The van der Waals surface area contributed by atoms with Crippen molar-refractivity contribution < 1.29 is 8.42 Å². The van der Waals surface area contributed by atoms with Crippen molar-refractivity contribution in [3.8, 4) is 17.3 Å². The van der Waals surface area contributed by atoms with E-state index >= 15 is 0 Å². The molecule has 0 atom stereocenters. The molecule has 3 N–H and O–H groups in total. The van der Waals surface area contributed by atoms with Gasteiger partial charge >= 0.3 is 0 Å². The van der Waals surface area contributed by atoms with Gasteiger partial charge in [-0.15, -0.1) is 0 Å². The highest BCUT2D eigenvalue weighted by atomic mass is 32.2. The Kier molecular flexibility index (Phi) is 3.47. The molecule has 2 heterocycles. The maximum atomic E-state index is 13.0. The topological polar surface area (TPSA) is 126 Å². The Hall–Kier alpha value is -2.96. The predicted molar refractivity (Wildman–Crippen MR) is 107 cm³/mol. The lowest BCUT2D eigenvalue weighted by Gasteiger charge is -2.66. The van der Waals surface area contributed by atoms with Gasteiger partial charge in [0.15, 0.2) is 11.5 Å². The summed E-state index contributed by atoms with van der Waals surface area (Å²) in [7, 11) is -3.70. The Morgan fingerprint density at radius 2 is 2.00 bits per heavy atom. The molecule has 6 rings (SSSR count). The molecule has 0 spiro atoms. The number of nitrogens with two attached hydrogens (primary N) is 1. The van der Waals surface area contributed by atoms with Crippen molar-refractivity contribution in [1.82, 2.24) is 19.1 Å². The lowest BCUT2D eigenvalue weighted by atomic mass is 9.40. The molecular weight excluding hydrogens is 388 g/mol. The second-order valence-electron chi connectivity index (χ2n) is 8.39. The highest BCUT2D eigenvalue weighted by molar-refractivity contribution is 7.89. The highest BCUT2D eigenvalue weighted by Gasteiger charge is 2.69. The molecule has 3 fully saturated rings. The van der Waals surface area contributed by atoms with Crippen LogP contribution in [0.4, 0.5) is 5.82 Å². The number of benzene rings is 1. The molecule has 0 amide bonds. The van der Waals surface area contributed by atoms with Gasteiger partial charge < -0.3 is 5.73 Å². The summed E-state index contributed by atoms with van der Waals surface area (Å²) < 4.78 is 30.7. The van der Waals surface area contributed by atoms with Gasteiger partial charge in [0, 0.05) is 17.3 Å². The summed E-state index contributed by atoms with van der Waals surface area (Å²) in [6.07, 6.45) is 5.28. The van der Waals surface area contributed by atoms with Gasteiger partial charge in [0.25, 0.3) is 0 Å². The number of nitrogen functional groups attached to an aromatic ring is 1. The first-order chi connectivity index (χ1) is 13.7. The molecule has 29 heavy (non-hydrogen) atoms. The Balaban J connectivity index is 1.54. The number of anilines is 1. The number of fused-ring (bicyclic) bond motifs is 1. The van der Waals surface area contributed by atoms with Crippen LogP contribution >= 0.6 is 0 Å². The fourth-order valence-electron chi connectivity index (χ4n) is 4.74. The molecular formula is C20H20N6O2S. The number of hydrogen-bond donors (Lipinski definition) is 2. The molecule has 1 aromatic carbocycles. The highest BCUT2D eigenvalue weighted by Crippen LogP contribution is 2.67. The lowest BCUT2D eigenvalue weighted by Crippen LogP contribution is -2.74. The van der Waals surface area contributed by atoms with Gasteiger partial charge in [-0.1, -0.05) is 6.07 Å². The van der Waals surface area contributed by atoms with Crippen LogP contribution in [0.15, 0.2) is 35.5 Å². The number of sulfonamides is 1. The second kappa shape index (κ2) is 5.55. The molecule has 3 saturated carbocycles. The molecule has 0 unspecified atom stereocenters. The maximum Gasteiger partial charge on any atom is 0.241 e. The molecule has 2 aromatic heterocycles. The summed E-state index contributed by atoms with van der Waals surface area (Å²) in [5, 5.41) is 9.16. The van der Waals surface area contributed by atoms with Crippen molar-refractivity contribution in [1.29, 1.82) is 5.26 Å². The predicted octanol–water partition coefficient (Wildman–Crippen LogP) is 2.32. The van der Waals surface area contributed by atoms with E-state index in [9.17, 15) is 8.42 Å². The molecule has 8 nitrogen and oxygen atoms in total. The summed E-state index contributed by atoms with van der Waals surface area (Å²) >= 11 is 0. The summed E-state index contributed by atoms with van der Waals surface area (Å²) in [6, 6.07) is 7.36. The number of nitriles is 1. The summed E-state index contributed by atoms with van der Waals surface area (Å²) in [5.74, 6) is 0.328. The summed E-state index contributed by atoms with van der Waals surface area (Å²) in [5.41, 5.74) is 8.92. The molecule has 9 heteroatoms. The first-order valence-corrected chi connectivity index (χ1v) is 10.8. The van der Waals surface area contributed by atoms with E-state index in [2.05, 4.69) is 20.8 Å². The van der Waals surface area contributed by atoms with Crippen LogP contribution in [0.25, 0.3) is 16.9 Å². The van der Waals surface area contributed by atoms with Gasteiger partial charge in [0.05, 0.1) is 34.0 Å². The van der Waals surface area contributed by atoms with Crippen molar-refractivity contribution in [2.75, 3.05) is 5.73 Å². The van der Waals surface area contributed by atoms with Crippen LogP contribution in [0.1, 0.15) is 30.5 Å². The lowest BCUT2D eigenvalue weighted by molar-refractivity contribution is -0.0946. The number of nitrogens with zero attached hydrogens (tertiary/aromatic N) is 4. The molecule has 3 aliphatic carbocycles. The number of aryl methyl sites for hydroxylation is 2. The van der Waals surface area contributed by atoms with Crippen molar-refractivity contribution in [3.05, 3.63) is 41.9 Å². The molecule has 0 saturated heterocycles. The van der Waals surface area contributed by atoms with Gasteiger partial charge in [-0.05, 0) is 50.8 Å². The number of hydrogen-bond acceptors (Lipinski definition) is 6. The third-order valence-electron chi connectivity index (χ3n) is 6.05. The van der Waals surface area contributed by atoms with Gasteiger partial charge in [-0.3, -0.25) is 4.40 Å². The van der Waals surface area contributed by atoms with E-state index in [0.29, 0.717) is 30.7 Å². The van der Waals surface area contributed by atoms with E-state index in [1.54, 1.807) is 24.4 Å². The van der Waals surface area contributed by atoms with E-state index in [1.807, 2.05) is 24.4 Å². The fourth-order valence-corrected chi connectivity index (χ4v) is 6.16. The van der Waals surface area contributed by atoms with Crippen LogP contribution in [-0.2, 0) is 10.0 Å². The van der Waals surface area contributed by atoms with Gasteiger partial charge in [-0.2, -0.15) is 5.26 Å². The summed E-state index contributed by atoms with van der Waals surface area (Å²) in [6.45, 7) is 3.77. The molecule has 0 radical (unpaired) electrons. The molecule has 3 aromatic rings. The third kappa shape index (κ3) is 2.56. The largest absolute Gasteiger partial charge is 0.381 e. The monoisotopic (exact) mass is 408 g/mol. The van der Waals surface area contributed by atoms with Gasteiger partial charge in [0.1, 0.15) is 0 Å². The smallest absolute Gasteiger partial charge is 0.241 e. The van der Waals surface area contributed by atoms with E-state index in [1.165, 1.54) is 0 Å². The van der Waals surface area contributed by atoms with E-state index in [0.717, 1.165) is 22.5 Å². The average Bonchev–Trinajstić information content (AvgIpc) is 3.01. The normalized spacial score (nSPS) is 25.3. The maximum absolute atomic E-state index is 13.0. The van der Waals surface area contributed by atoms with Gasteiger partial charge in [-0.25, -0.2) is 23.1 Å². The van der Waals surface area contributed by atoms with Crippen LogP contribution < -0.4 is 10.5 Å². The first kappa shape index (κ1) is 18.1. The average molecular weight is 408 g/mol. The Morgan fingerprint density at radius 3 is 2.69 bits per heavy atom. The zero-order valence-electron chi connectivity index (χ0n) is 16.1.